The summed E-state index contributed by atoms with van der Waals surface area (Å²) in [6.07, 6.45) is 0. The van der Waals surface area contributed by atoms with Crippen LogP contribution in [0.25, 0.3) is 0 Å². The van der Waals surface area contributed by atoms with Crippen molar-refractivity contribution in [3.8, 4) is 0 Å². The van der Waals surface area contributed by atoms with Crippen molar-refractivity contribution in [1.29, 1.82) is 0 Å². The van der Waals surface area contributed by atoms with E-state index in [1.54, 1.807) is 0 Å². The Hall–Kier alpha value is 2.26. The Kier molecular flexibility index (Phi) is 39.6. The number of hydrogen-bond acceptors (Lipinski definition) is 6. The van der Waals surface area contributed by atoms with Gasteiger partial charge in [-0.15, -0.1) is 0 Å². The Morgan fingerprint density at radius 2 is 0.800 bits per heavy atom. The predicted molar refractivity (Wildman–Crippen MR) is 7.13 cm³/mol. The molecule has 0 aliphatic carbocycles. The average Bonchev–Trinajstić information content (AvgIpc) is 1.25. The van der Waals surface area contributed by atoms with Gasteiger partial charge in [0.15, 0.2) is 0 Å². The fraction of sp³-hybridized carbons (Fsp3) is 0. The Balaban J connectivity index is -0.0000000300. The molecule has 0 atom stereocenters. The molecule has 0 aromatic rings. The minimum atomic E-state index is -4.08. The summed E-state index contributed by atoms with van der Waals surface area (Å²) in [7, 11) is 0. The van der Waals surface area contributed by atoms with Crippen molar-refractivity contribution < 1.29 is 78.1 Å². The Morgan fingerprint density at radius 3 is 0.800 bits per heavy atom. The number of hydrogen-bond donors (Lipinski definition) is 0. The maximum Gasteiger partial charge on any atom is 2.00 e. The van der Waals surface area contributed by atoms with Gasteiger partial charge in [-0.25, -0.2) is 0 Å². The van der Waals surface area contributed by atoms with Crippen LogP contribution in [0.5, 0.6) is 0 Å². The quantitative estimate of drug-likeness (QED) is 0.408. The Labute approximate surface area is 99.8 Å². The molecule has 10 heavy (non-hydrogen) atoms. The minimum Gasteiger partial charge on any atom is 2.00 e. The van der Waals surface area contributed by atoms with E-state index in [0.717, 1.165) is 0 Å². The molecular weight excluding hydrogens is 281 g/mol. The first-order chi connectivity index (χ1) is 3.46. The molecule has 0 aromatic carbocycles. The second-order valence-corrected chi connectivity index (χ2v) is 2.06. The molecule has 0 bridgehead atoms. The zero-order valence-electron chi connectivity index (χ0n) is 4.86. The van der Waals surface area contributed by atoms with E-state index in [-0.39, 0.29) is 42.5 Å². The number of rotatable bonds is 0. The van der Waals surface area contributed by atoms with E-state index in [1.807, 2.05) is 0 Å². The molecular formula is MgO6Ti2Zn. The van der Waals surface area contributed by atoms with E-state index in [0.29, 0.717) is 0 Å². The molecule has 10 heteroatoms. The largest absolute Gasteiger partial charge is 2.00 e. The standard InChI is InChI=1S/Mg.6O.2Ti.Zn/q+2;;;4*-1;;;+2. The van der Waals surface area contributed by atoms with Crippen molar-refractivity contribution in [1.82, 2.24) is 0 Å². The fourth-order valence-corrected chi connectivity index (χ4v) is 0. The molecule has 0 spiro atoms. The SMILES string of the molecule is [Mg+2].[O]=[Ti]([O-])[O-].[O]=[Ti]([O-])[O-].[Zn+2]. The molecule has 0 saturated carbocycles. The van der Waals surface area contributed by atoms with Gasteiger partial charge in [0, 0.05) is 0 Å². The topological polar surface area (TPSA) is 126 Å². The molecule has 0 radical (unpaired) electrons. The maximum absolute atomic E-state index is 8.58. The summed E-state index contributed by atoms with van der Waals surface area (Å²) in [4.78, 5) is 0. The molecule has 0 heterocycles. The Morgan fingerprint density at radius 1 is 0.800 bits per heavy atom. The molecule has 6 nitrogen and oxygen atoms in total. The monoisotopic (exact) mass is 280 g/mol. The van der Waals surface area contributed by atoms with E-state index in [4.69, 9.17) is 21.4 Å². The van der Waals surface area contributed by atoms with Gasteiger partial charge in [0.25, 0.3) is 0 Å². The van der Waals surface area contributed by atoms with Crippen molar-refractivity contribution in [2.24, 2.45) is 0 Å². The zero-order chi connectivity index (χ0) is 7.15. The van der Waals surface area contributed by atoms with Crippen LogP contribution in [0.1, 0.15) is 0 Å². The van der Waals surface area contributed by atoms with E-state index in [9.17, 15) is 0 Å². The smallest absolute Gasteiger partial charge is 2.00 e. The third-order valence-electron chi connectivity index (χ3n) is 0. The van der Waals surface area contributed by atoms with Crippen molar-refractivity contribution in [3.63, 3.8) is 0 Å². The maximum atomic E-state index is 8.58. The first-order valence-corrected chi connectivity index (χ1v) is 5.05. The van der Waals surface area contributed by atoms with Gasteiger partial charge in [0.05, 0.1) is 0 Å². The second kappa shape index (κ2) is 17.4. The molecule has 0 saturated heterocycles. The summed E-state index contributed by atoms with van der Waals surface area (Å²) >= 11 is -8.17. The van der Waals surface area contributed by atoms with E-state index in [2.05, 4.69) is 0 Å². The van der Waals surface area contributed by atoms with Crippen molar-refractivity contribution in [2.45, 2.75) is 0 Å². The summed E-state index contributed by atoms with van der Waals surface area (Å²) in [6, 6.07) is 0. The molecule has 0 aliphatic heterocycles. The van der Waals surface area contributed by atoms with Crippen molar-refractivity contribution in [2.75, 3.05) is 0 Å². The van der Waals surface area contributed by atoms with E-state index >= 15 is 0 Å². The molecule has 0 aliphatic rings. The van der Waals surface area contributed by atoms with Crippen molar-refractivity contribution >= 4 is 23.1 Å². The summed E-state index contributed by atoms with van der Waals surface area (Å²) in [5, 5.41) is 0. The van der Waals surface area contributed by atoms with Crippen molar-refractivity contribution in [3.05, 3.63) is 0 Å². The fourth-order valence-electron chi connectivity index (χ4n) is 0. The zero-order valence-corrected chi connectivity index (χ0v) is 12.4. The van der Waals surface area contributed by atoms with Crippen LogP contribution in [0.2, 0.25) is 0 Å². The third kappa shape index (κ3) is 172. The van der Waals surface area contributed by atoms with Crippen LogP contribution in [0.3, 0.4) is 0 Å². The van der Waals surface area contributed by atoms with Gasteiger partial charge in [-0.3, -0.25) is 0 Å². The van der Waals surface area contributed by atoms with Gasteiger partial charge >= 0.3 is 101 Å². The molecule has 48 valence electrons. The van der Waals surface area contributed by atoms with Crippen LogP contribution >= 0.6 is 0 Å². The predicted octanol–water partition coefficient (Wildman–Crippen LogP) is -5.38. The van der Waals surface area contributed by atoms with Gasteiger partial charge in [0.2, 0.25) is 0 Å². The molecule has 0 N–H and O–H groups in total. The van der Waals surface area contributed by atoms with Gasteiger partial charge in [-0.1, -0.05) is 0 Å². The first-order valence-electron chi connectivity index (χ1n) is 1.22. The Bertz CT molecular complexity index is 73.7. The van der Waals surface area contributed by atoms with E-state index in [1.165, 1.54) is 0 Å². The third-order valence-corrected chi connectivity index (χ3v) is 0. The molecule has 0 unspecified atom stereocenters. The summed E-state index contributed by atoms with van der Waals surface area (Å²) < 4.78 is 51.5. The van der Waals surface area contributed by atoms with E-state index < -0.39 is 37.2 Å². The summed E-state index contributed by atoms with van der Waals surface area (Å²) in [6.45, 7) is 0. The molecule has 0 amide bonds. The van der Waals surface area contributed by atoms with Gasteiger partial charge in [0.1, 0.15) is 0 Å². The van der Waals surface area contributed by atoms with Crippen LogP contribution in [0, 0.1) is 0 Å². The minimum absolute atomic E-state index is 0. The average molecular weight is 281 g/mol. The van der Waals surface area contributed by atoms with Crippen LogP contribution in [-0.4, -0.2) is 23.1 Å². The van der Waals surface area contributed by atoms with Crippen LogP contribution < -0.4 is 14.8 Å². The van der Waals surface area contributed by atoms with Crippen LogP contribution in [-0.2, 0) is 63.4 Å². The van der Waals surface area contributed by atoms with Crippen LogP contribution in [0.15, 0.2) is 0 Å². The molecule has 0 aromatic heterocycles. The summed E-state index contributed by atoms with van der Waals surface area (Å²) in [5.74, 6) is 0. The normalized spacial score (nSPS) is 5.20. The molecule has 0 rings (SSSR count). The van der Waals surface area contributed by atoms with Gasteiger partial charge < -0.3 is 0 Å². The first kappa shape index (κ1) is 22.8. The van der Waals surface area contributed by atoms with Gasteiger partial charge in [-0.05, 0) is 0 Å². The summed E-state index contributed by atoms with van der Waals surface area (Å²) in [5.41, 5.74) is 0. The molecule has 0 fully saturated rings. The second-order valence-electron chi connectivity index (χ2n) is 0.500. The van der Waals surface area contributed by atoms with Crippen LogP contribution in [0.4, 0.5) is 0 Å². The van der Waals surface area contributed by atoms with Gasteiger partial charge in [-0.2, -0.15) is 0 Å².